The molecule has 0 saturated heterocycles. The number of carbonyl (C=O) groups is 2. The van der Waals surface area contributed by atoms with E-state index in [2.05, 4.69) is 25.2 Å². The number of nitrogens with zero attached hydrogens (tertiary/aromatic N) is 1. The molecule has 0 radical (unpaired) electrons. The number of aryl methyl sites for hydroxylation is 1. The number of hydrogen-bond donors (Lipinski definition) is 1. The number of para-hydroxylation sites is 1. The van der Waals surface area contributed by atoms with E-state index in [9.17, 15) is 9.59 Å². The second-order valence-corrected chi connectivity index (χ2v) is 11.2. The van der Waals surface area contributed by atoms with Crippen LogP contribution in [0.25, 0.3) is 0 Å². The second-order valence-electron chi connectivity index (χ2n) is 11.2. The predicted octanol–water partition coefficient (Wildman–Crippen LogP) is 5.33. The number of likely N-dealkylation sites (N-methyl/N-ethyl adjacent to an activating group) is 1. The van der Waals surface area contributed by atoms with Crippen LogP contribution >= 0.6 is 0 Å². The van der Waals surface area contributed by atoms with E-state index in [1.807, 2.05) is 43.1 Å². The van der Waals surface area contributed by atoms with Gasteiger partial charge in [0.05, 0.1) is 0 Å². The maximum Gasteiger partial charge on any atom is 0.260 e. The summed E-state index contributed by atoms with van der Waals surface area (Å²) in [5.41, 5.74) is 2.48. The molecule has 1 aromatic rings. The largest absolute Gasteiger partial charge is 0.338 e. The summed E-state index contributed by atoms with van der Waals surface area (Å²) >= 11 is 0. The molecule has 31 heavy (non-hydrogen) atoms. The fourth-order valence-corrected chi connectivity index (χ4v) is 7.95. The van der Waals surface area contributed by atoms with E-state index in [1.54, 1.807) is 0 Å². The topological polar surface area (TPSA) is 49.4 Å². The van der Waals surface area contributed by atoms with E-state index < -0.39 is 0 Å². The van der Waals surface area contributed by atoms with Crippen LogP contribution in [0.15, 0.2) is 35.9 Å². The summed E-state index contributed by atoms with van der Waals surface area (Å²) < 4.78 is 0. The Balaban J connectivity index is 1.49. The monoisotopic (exact) mass is 420 g/mol. The first kappa shape index (κ1) is 20.8. The molecule has 1 N–H and O–H groups in total. The lowest BCUT2D eigenvalue weighted by molar-refractivity contribution is -0.141. The molecule has 166 valence electrons. The van der Waals surface area contributed by atoms with Gasteiger partial charge in [0.2, 0.25) is 0 Å². The SMILES string of the molecule is Cc1ccccc1NC(=O)C1=C[C@@]2(C)C(CC[C@@H]3[C@H]2CC[C@]2(C)CCC[C@@H]32)N(C)C1=O. The van der Waals surface area contributed by atoms with Crippen molar-refractivity contribution in [2.24, 2.45) is 28.6 Å². The average molecular weight is 421 g/mol. The maximum absolute atomic E-state index is 13.3. The van der Waals surface area contributed by atoms with Crippen LogP contribution in [0.3, 0.4) is 0 Å². The molecule has 5 rings (SSSR count). The molecule has 2 amide bonds. The Bertz CT molecular complexity index is 952. The van der Waals surface area contributed by atoms with Crippen molar-refractivity contribution in [1.82, 2.24) is 4.90 Å². The van der Waals surface area contributed by atoms with E-state index in [1.165, 1.54) is 38.5 Å². The molecule has 0 bridgehead atoms. The molecule has 0 aromatic heterocycles. The average Bonchev–Trinajstić information content (AvgIpc) is 3.14. The summed E-state index contributed by atoms with van der Waals surface area (Å²) in [4.78, 5) is 28.4. The summed E-state index contributed by atoms with van der Waals surface area (Å²) in [6.45, 7) is 6.82. The summed E-state index contributed by atoms with van der Waals surface area (Å²) in [5.74, 6) is 1.69. The van der Waals surface area contributed by atoms with Crippen molar-refractivity contribution in [3.05, 3.63) is 41.5 Å². The first-order chi connectivity index (χ1) is 14.7. The lowest BCUT2D eigenvalue weighted by Crippen LogP contribution is -2.60. The van der Waals surface area contributed by atoms with Gasteiger partial charge in [-0.25, -0.2) is 0 Å². The van der Waals surface area contributed by atoms with Gasteiger partial charge in [-0.2, -0.15) is 0 Å². The maximum atomic E-state index is 13.3. The van der Waals surface area contributed by atoms with E-state index in [-0.39, 0.29) is 23.3 Å². The molecule has 1 heterocycles. The number of amides is 2. The highest BCUT2D eigenvalue weighted by Gasteiger charge is 2.59. The molecule has 3 aliphatic carbocycles. The Morgan fingerprint density at radius 1 is 1.06 bits per heavy atom. The Kier molecular flexibility index (Phi) is 4.84. The Morgan fingerprint density at radius 3 is 2.61 bits per heavy atom. The van der Waals surface area contributed by atoms with E-state index in [0.29, 0.717) is 16.9 Å². The lowest BCUT2D eigenvalue weighted by Gasteiger charge is -2.60. The molecule has 1 unspecified atom stereocenters. The smallest absolute Gasteiger partial charge is 0.260 e. The second kappa shape index (κ2) is 7.21. The normalized spacial score (nSPS) is 39.3. The molecule has 1 aliphatic heterocycles. The third kappa shape index (κ3) is 3.08. The lowest BCUT2D eigenvalue weighted by atomic mass is 9.48. The zero-order valence-corrected chi connectivity index (χ0v) is 19.4. The zero-order chi connectivity index (χ0) is 22.0. The van der Waals surface area contributed by atoms with Gasteiger partial charge in [-0.05, 0) is 80.2 Å². The molecule has 6 atom stereocenters. The molecule has 3 fully saturated rings. The number of hydrogen-bond acceptors (Lipinski definition) is 2. The van der Waals surface area contributed by atoms with E-state index in [4.69, 9.17) is 0 Å². The van der Waals surface area contributed by atoms with Gasteiger partial charge < -0.3 is 10.2 Å². The van der Waals surface area contributed by atoms with E-state index >= 15 is 0 Å². The third-order valence-corrected chi connectivity index (χ3v) is 9.62. The Labute approximate surface area is 186 Å². The van der Waals surface area contributed by atoms with Crippen LogP contribution in [-0.2, 0) is 9.59 Å². The van der Waals surface area contributed by atoms with Crippen molar-refractivity contribution in [1.29, 1.82) is 0 Å². The molecule has 4 nitrogen and oxygen atoms in total. The number of carbonyl (C=O) groups excluding carboxylic acids is 2. The van der Waals surface area contributed by atoms with Crippen molar-refractivity contribution in [3.63, 3.8) is 0 Å². The van der Waals surface area contributed by atoms with Gasteiger partial charge >= 0.3 is 0 Å². The van der Waals surface area contributed by atoms with Crippen LogP contribution in [0.1, 0.15) is 64.4 Å². The highest BCUT2D eigenvalue weighted by atomic mass is 16.2. The fraction of sp³-hybridized carbons (Fsp3) is 0.630. The van der Waals surface area contributed by atoms with Crippen molar-refractivity contribution >= 4 is 17.5 Å². The Morgan fingerprint density at radius 2 is 1.84 bits per heavy atom. The van der Waals surface area contributed by atoms with Crippen LogP contribution in [-0.4, -0.2) is 29.8 Å². The number of fused-ring (bicyclic) bond motifs is 5. The van der Waals surface area contributed by atoms with Gasteiger partial charge in [0.25, 0.3) is 11.8 Å². The van der Waals surface area contributed by atoms with Crippen LogP contribution < -0.4 is 5.32 Å². The molecule has 4 heteroatoms. The fourth-order valence-electron chi connectivity index (χ4n) is 7.95. The van der Waals surface area contributed by atoms with Gasteiger partial charge in [0.15, 0.2) is 0 Å². The number of nitrogens with one attached hydrogen (secondary N) is 1. The standard InChI is InChI=1S/C27H36N2O2/c1-17-8-5-6-10-22(17)28-24(30)19-16-27(3)21-13-15-26(2)14-7-9-20(26)18(21)11-12-23(27)29(4)25(19)31/h5-6,8,10,16,18,20-21,23H,7,9,11-15H2,1-4H3,(H,28,30)/t18-,20-,21+,23?,26-,27+/m0/s1. The van der Waals surface area contributed by atoms with Gasteiger partial charge in [-0.1, -0.05) is 44.5 Å². The molecular weight excluding hydrogens is 384 g/mol. The zero-order valence-electron chi connectivity index (χ0n) is 19.4. The minimum absolute atomic E-state index is 0.131. The summed E-state index contributed by atoms with van der Waals surface area (Å²) in [6.07, 6.45) is 11.0. The van der Waals surface area contributed by atoms with Crippen molar-refractivity contribution in [2.75, 3.05) is 12.4 Å². The third-order valence-electron chi connectivity index (χ3n) is 9.62. The number of benzene rings is 1. The highest BCUT2D eigenvalue weighted by molar-refractivity contribution is 6.23. The van der Waals surface area contributed by atoms with Crippen molar-refractivity contribution in [3.8, 4) is 0 Å². The van der Waals surface area contributed by atoms with Crippen molar-refractivity contribution < 1.29 is 9.59 Å². The summed E-state index contributed by atoms with van der Waals surface area (Å²) in [7, 11) is 1.90. The van der Waals surface area contributed by atoms with Crippen LogP contribution in [0, 0.1) is 35.5 Å². The number of anilines is 1. The molecular formula is C27H36N2O2. The first-order valence-corrected chi connectivity index (χ1v) is 12.1. The van der Waals surface area contributed by atoms with Crippen LogP contribution in [0.2, 0.25) is 0 Å². The molecule has 4 aliphatic rings. The van der Waals surface area contributed by atoms with Crippen LogP contribution in [0.4, 0.5) is 5.69 Å². The van der Waals surface area contributed by atoms with Gasteiger partial charge in [-0.15, -0.1) is 0 Å². The quantitative estimate of drug-likeness (QED) is 0.657. The minimum Gasteiger partial charge on any atom is -0.338 e. The summed E-state index contributed by atoms with van der Waals surface area (Å²) in [5, 5.41) is 3.00. The molecule has 3 saturated carbocycles. The molecule has 1 aromatic carbocycles. The number of rotatable bonds is 2. The predicted molar refractivity (Wildman–Crippen MR) is 123 cm³/mol. The van der Waals surface area contributed by atoms with Crippen molar-refractivity contribution in [2.45, 2.75) is 71.8 Å². The first-order valence-electron chi connectivity index (χ1n) is 12.1. The minimum atomic E-state index is -0.269. The van der Waals surface area contributed by atoms with Gasteiger partial charge in [0.1, 0.15) is 5.57 Å². The highest BCUT2D eigenvalue weighted by Crippen LogP contribution is 2.64. The summed E-state index contributed by atoms with van der Waals surface area (Å²) in [6, 6.07) is 7.94. The van der Waals surface area contributed by atoms with Crippen LogP contribution in [0.5, 0.6) is 0 Å². The van der Waals surface area contributed by atoms with Gasteiger partial charge in [-0.3, -0.25) is 9.59 Å². The molecule has 0 spiro atoms. The van der Waals surface area contributed by atoms with Gasteiger partial charge in [0, 0.05) is 24.2 Å². The van der Waals surface area contributed by atoms with E-state index in [0.717, 1.165) is 29.5 Å². The Hall–Kier alpha value is -2.10.